The molecule has 0 aromatic heterocycles. The second kappa shape index (κ2) is 8.08. The molecule has 2 saturated heterocycles. The van der Waals surface area contributed by atoms with Crippen molar-refractivity contribution in [3.8, 4) is 0 Å². The predicted molar refractivity (Wildman–Crippen MR) is 110 cm³/mol. The lowest BCUT2D eigenvalue weighted by Gasteiger charge is -2.41. The third-order valence-corrected chi connectivity index (χ3v) is 6.85. The molecule has 4 rings (SSSR count). The molecule has 150 valence electrons. The van der Waals surface area contributed by atoms with Gasteiger partial charge in [0.05, 0.1) is 0 Å². The highest BCUT2D eigenvalue weighted by Crippen LogP contribution is 2.36. The summed E-state index contributed by atoms with van der Waals surface area (Å²) in [6.07, 6.45) is 10.4. The van der Waals surface area contributed by atoms with E-state index in [9.17, 15) is 9.59 Å². The van der Waals surface area contributed by atoms with Gasteiger partial charge in [0.25, 0.3) is 5.91 Å². The Balaban J connectivity index is 1.37. The maximum absolute atomic E-state index is 13.3. The molecule has 0 bridgehead atoms. The highest BCUT2D eigenvalue weighted by atomic mass is 16.2. The first-order chi connectivity index (χ1) is 13.6. The summed E-state index contributed by atoms with van der Waals surface area (Å²) < 4.78 is 0. The monoisotopic (exact) mass is 381 g/mol. The predicted octanol–water partition coefficient (Wildman–Crippen LogP) is 3.31. The van der Waals surface area contributed by atoms with Gasteiger partial charge in [0.1, 0.15) is 5.54 Å². The molecule has 3 amide bonds. The van der Waals surface area contributed by atoms with Crippen LogP contribution in [0.3, 0.4) is 0 Å². The minimum Gasteiger partial charge on any atom is -0.312 e. The van der Waals surface area contributed by atoms with Gasteiger partial charge in [-0.2, -0.15) is 0 Å². The molecule has 28 heavy (non-hydrogen) atoms. The van der Waals surface area contributed by atoms with Gasteiger partial charge in [-0.05, 0) is 50.0 Å². The molecule has 1 atom stereocenters. The van der Waals surface area contributed by atoms with E-state index < -0.39 is 5.54 Å². The summed E-state index contributed by atoms with van der Waals surface area (Å²) in [5, 5.41) is 0. The van der Waals surface area contributed by atoms with Crippen LogP contribution in [0.5, 0.6) is 0 Å². The van der Waals surface area contributed by atoms with E-state index in [2.05, 4.69) is 17.1 Å². The van der Waals surface area contributed by atoms with Crippen LogP contribution >= 0.6 is 0 Å². The number of hydrogen-bond donors (Lipinski definition) is 0. The standard InChI is InChI=1S/C23H31N3O2/c1-24-22(28)26(15-12-19-8-4-2-5-9-19)21(27)23(24)13-16-25(17-14-23)18-20-10-6-3-7-11-20/h2-6,8-9,20H,7,10-18H2,1H3. The molecule has 1 unspecified atom stereocenters. The smallest absolute Gasteiger partial charge is 0.312 e. The zero-order valence-corrected chi connectivity index (χ0v) is 16.8. The van der Waals surface area contributed by atoms with Crippen molar-refractivity contribution in [1.29, 1.82) is 0 Å². The molecular weight excluding hydrogens is 350 g/mol. The quantitative estimate of drug-likeness (QED) is 0.581. The number of carbonyl (C=O) groups is 2. The van der Waals surface area contributed by atoms with Gasteiger partial charge in [-0.25, -0.2) is 4.79 Å². The lowest BCUT2D eigenvalue weighted by Crippen LogP contribution is -2.55. The van der Waals surface area contributed by atoms with Crippen LogP contribution in [0.15, 0.2) is 42.5 Å². The summed E-state index contributed by atoms with van der Waals surface area (Å²) in [6, 6.07) is 9.93. The number of piperidine rings is 1. The first-order valence-corrected chi connectivity index (χ1v) is 10.6. The van der Waals surface area contributed by atoms with Gasteiger partial charge in [0.2, 0.25) is 0 Å². The first kappa shape index (κ1) is 19.2. The number of rotatable bonds is 5. The molecule has 5 nitrogen and oxygen atoms in total. The number of imide groups is 1. The fourth-order valence-corrected chi connectivity index (χ4v) is 4.97. The maximum Gasteiger partial charge on any atom is 0.327 e. The van der Waals surface area contributed by atoms with Gasteiger partial charge in [-0.15, -0.1) is 0 Å². The summed E-state index contributed by atoms with van der Waals surface area (Å²) >= 11 is 0. The number of carbonyl (C=O) groups excluding carboxylic acids is 2. The summed E-state index contributed by atoms with van der Waals surface area (Å²) in [4.78, 5) is 31.8. The fourth-order valence-electron chi connectivity index (χ4n) is 4.97. The Morgan fingerprint density at radius 3 is 2.50 bits per heavy atom. The Hall–Kier alpha value is -2.14. The van der Waals surface area contributed by atoms with E-state index in [0.29, 0.717) is 13.0 Å². The number of likely N-dealkylation sites (N-methyl/N-ethyl adjacent to an activating group) is 1. The van der Waals surface area contributed by atoms with Crippen LogP contribution in [-0.2, 0) is 11.2 Å². The van der Waals surface area contributed by atoms with Gasteiger partial charge < -0.3 is 9.80 Å². The molecule has 1 spiro atoms. The van der Waals surface area contributed by atoms with E-state index in [4.69, 9.17) is 0 Å². The molecule has 2 fully saturated rings. The van der Waals surface area contributed by atoms with Crippen molar-refractivity contribution in [3.63, 3.8) is 0 Å². The van der Waals surface area contributed by atoms with Crippen LogP contribution in [0.4, 0.5) is 4.79 Å². The highest BCUT2D eigenvalue weighted by molar-refractivity contribution is 6.07. The molecule has 3 aliphatic rings. The van der Waals surface area contributed by atoms with Crippen LogP contribution in [-0.4, -0.2) is 65.4 Å². The van der Waals surface area contributed by atoms with Crippen LogP contribution < -0.4 is 0 Å². The zero-order valence-electron chi connectivity index (χ0n) is 16.8. The molecule has 0 saturated carbocycles. The second-order valence-electron chi connectivity index (χ2n) is 8.52. The Morgan fingerprint density at radius 1 is 1.07 bits per heavy atom. The first-order valence-electron chi connectivity index (χ1n) is 10.6. The summed E-state index contributed by atoms with van der Waals surface area (Å²) in [7, 11) is 1.81. The topological polar surface area (TPSA) is 43.9 Å². The third kappa shape index (κ3) is 3.60. The summed E-state index contributed by atoms with van der Waals surface area (Å²) in [5.41, 5.74) is 0.527. The Bertz CT molecular complexity index is 737. The third-order valence-electron chi connectivity index (χ3n) is 6.85. The Kier molecular flexibility index (Phi) is 5.54. The minimum absolute atomic E-state index is 0.0104. The summed E-state index contributed by atoms with van der Waals surface area (Å²) in [6.45, 7) is 3.38. The van der Waals surface area contributed by atoms with Crippen molar-refractivity contribution in [2.75, 3.05) is 33.2 Å². The average Bonchev–Trinajstić information content (AvgIpc) is 2.91. The van der Waals surface area contributed by atoms with Crippen LogP contribution in [0.2, 0.25) is 0 Å². The lowest BCUT2D eigenvalue weighted by atomic mass is 9.85. The van der Waals surface area contributed by atoms with Crippen LogP contribution in [0.1, 0.15) is 37.7 Å². The highest BCUT2D eigenvalue weighted by Gasteiger charge is 2.56. The lowest BCUT2D eigenvalue weighted by molar-refractivity contribution is -0.135. The van der Waals surface area contributed by atoms with Gasteiger partial charge in [0, 0.05) is 33.2 Å². The molecule has 5 heteroatoms. The number of allylic oxidation sites excluding steroid dienone is 2. The van der Waals surface area contributed by atoms with Gasteiger partial charge in [0.15, 0.2) is 0 Å². The molecule has 1 aliphatic carbocycles. The number of nitrogens with zero attached hydrogens (tertiary/aromatic N) is 3. The fraction of sp³-hybridized carbons (Fsp3) is 0.565. The van der Waals surface area contributed by atoms with E-state index in [-0.39, 0.29) is 11.9 Å². The molecule has 0 N–H and O–H groups in total. The van der Waals surface area contributed by atoms with Crippen molar-refractivity contribution in [2.45, 2.75) is 44.1 Å². The molecule has 2 heterocycles. The Morgan fingerprint density at radius 2 is 1.82 bits per heavy atom. The molecular formula is C23H31N3O2. The van der Waals surface area contributed by atoms with Gasteiger partial charge in [-0.3, -0.25) is 9.69 Å². The Labute approximate surface area is 168 Å². The van der Waals surface area contributed by atoms with Gasteiger partial charge in [-0.1, -0.05) is 42.5 Å². The van der Waals surface area contributed by atoms with Crippen LogP contribution in [0.25, 0.3) is 0 Å². The average molecular weight is 382 g/mol. The van der Waals surface area contributed by atoms with E-state index in [1.54, 1.807) is 4.90 Å². The second-order valence-corrected chi connectivity index (χ2v) is 8.52. The molecule has 0 radical (unpaired) electrons. The zero-order chi connectivity index (χ0) is 19.6. The number of urea groups is 1. The maximum atomic E-state index is 13.3. The molecule has 1 aromatic rings. The largest absolute Gasteiger partial charge is 0.327 e. The van der Waals surface area contributed by atoms with E-state index in [1.807, 2.05) is 37.4 Å². The van der Waals surface area contributed by atoms with Crippen molar-refractivity contribution in [1.82, 2.24) is 14.7 Å². The number of likely N-dealkylation sites (tertiary alicyclic amines) is 1. The van der Waals surface area contributed by atoms with Crippen molar-refractivity contribution >= 4 is 11.9 Å². The van der Waals surface area contributed by atoms with Crippen molar-refractivity contribution in [2.24, 2.45) is 5.92 Å². The van der Waals surface area contributed by atoms with Crippen molar-refractivity contribution in [3.05, 3.63) is 48.0 Å². The number of benzene rings is 1. The van der Waals surface area contributed by atoms with E-state index in [1.165, 1.54) is 24.2 Å². The number of hydrogen-bond acceptors (Lipinski definition) is 3. The minimum atomic E-state index is -0.628. The SMILES string of the molecule is CN1C(=O)N(CCc2ccccc2)C(=O)C12CCN(CC1CC=CCC1)CC2. The number of amides is 3. The van der Waals surface area contributed by atoms with E-state index >= 15 is 0 Å². The van der Waals surface area contributed by atoms with Crippen molar-refractivity contribution < 1.29 is 9.59 Å². The summed E-state index contributed by atoms with van der Waals surface area (Å²) in [5.74, 6) is 0.747. The molecule has 1 aromatic carbocycles. The van der Waals surface area contributed by atoms with Crippen LogP contribution in [0, 0.1) is 5.92 Å². The van der Waals surface area contributed by atoms with Gasteiger partial charge >= 0.3 is 6.03 Å². The van der Waals surface area contributed by atoms with E-state index in [0.717, 1.165) is 44.0 Å². The normalized spacial score (nSPS) is 25.1. The molecule has 2 aliphatic heterocycles.